The van der Waals surface area contributed by atoms with Gasteiger partial charge in [-0.1, -0.05) is 6.08 Å². The van der Waals surface area contributed by atoms with E-state index in [-0.39, 0.29) is 0 Å². The van der Waals surface area contributed by atoms with Crippen LogP contribution in [0.1, 0.15) is 6.92 Å². The Bertz CT molecular complexity index is 97.7. The second-order valence-electron chi connectivity index (χ2n) is 1.19. The van der Waals surface area contributed by atoms with Gasteiger partial charge in [0.05, 0.1) is 0 Å². The summed E-state index contributed by atoms with van der Waals surface area (Å²) in [4.78, 5) is 7.52. The highest BCUT2D eigenvalue weighted by molar-refractivity contribution is 6.16. The molecule has 0 aliphatic rings. The lowest BCUT2D eigenvalue weighted by Gasteiger charge is -1.69. The minimum absolute atomic E-state index is 1.64. The molecule has 0 spiro atoms. The first-order chi connectivity index (χ1) is 3.91. The van der Waals surface area contributed by atoms with Crippen molar-refractivity contribution in [2.45, 2.75) is 6.92 Å². The second-order valence-corrected chi connectivity index (χ2v) is 1.19. The molecule has 0 bridgehead atoms. The maximum atomic E-state index is 3.82. The molecule has 0 saturated heterocycles. The van der Waals surface area contributed by atoms with Crippen molar-refractivity contribution in [3.05, 3.63) is 12.3 Å². The summed E-state index contributed by atoms with van der Waals surface area (Å²) < 4.78 is 0. The molecule has 0 unspecified atom stereocenters. The molecule has 0 aliphatic carbocycles. The molecule has 0 amide bonds. The third-order valence-corrected chi connectivity index (χ3v) is 0.537. The first-order valence-corrected chi connectivity index (χ1v) is 2.47. The average molecular weight is 110 g/mol. The van der Waals surface area contributed by atoms with Gasteiger partial charge < -0.3 is 0 Å². The Morgan fingerprint density at radius 1 is 1.25 bits per heavy atom. The molecule has 0 rings (SSSR count). The topological polar surface area (TPSA) is 24.7 Å². The summed E-state index contributed by atoms with van der Waals surface area (Å²) in [6.45, 7) is 1.92. The molecule has 0 radical (unpaired) electrons. The fourth-order valence-electron chi connectivity index (χ4n) is 0.241. The molecule has 2 nitrogen and oxygen atoms in total. The predicted molar refractivity (Wildman–Crippen MR) is 37.7 cm³/mol. The van der Waals surface area contributed by atoms with Gasteiger partial charge in [-0.05, 0) is 6.92 Å². The van der Waals surface area contributed by atoms with Crippen LogP contribution in [0.5, 0.6) is 0 Å². The highest BCUT2D eigenvalue weighted by Gasteiger charge is 1.56. The summed E-state index contributed by atoms with van der Waals surface area (Å²) in [6, 6.07) is 0. The maximum absolute atomic E-state index is 3.82. The molecule has 2 heteroatoms. The molecule has 0 fully saturated rings. The minimum Gasteiger partial charge on any atom is -0.295 e. The van der Waals surface area contributed by atoms with Crippen LogP contribution in [0, 0.1) is 0 Å². The Balaban J connectivity index is 3.35. The largest absolute Gasteiger partial charge is 0.295 e. The molecular weight excluding hydrogens is 100 g/mol. The van der Waals surface area contributed by atoms with Gasteiger partial charge in [0.25, 0.3) is 0 Å². The number of rotatable bonds is 2. The van der Waals surface area contributed by atoms with Crippen LogP contribution in [0.15, 0.2) is 22.3 Å². The molecular formula is C6H10N2. The van der Waals surface area contributed by atoms with Gasteiger partial charge >= 0.3 is 0 Å². The van der Waals surface area contributed by atoms with E-state index in [9.17, 15) is 0 Å². The van der Waals surface area contributed by atoms with E-state index in [0.29, 0.717) is 0 Å². The lowest BCUT2D eigenvalue weighted by molar-refractivity contribution is 1.48. The Morgan fingerprint density at radius 3 is 2.50 bits per heavy atom. The first kappa shape index (κ1) is 7.08. The number of aliphatic imine (C=N–C) groups is 2. The van der Waals surface area contributed by atoms with Gasteiger partial charge in [-0.3, -0.25) is 9.98 Å². The van der Waals surface area contributed by atoms with Crippen molar-refractivity contribution >= 4 is 12.4 Å². The van der Waals surface area contributed by atoms with Crippen molar-refractivity contribution < 1.29 is 0 Å². The van der Waals surface area contributed by atoms with Gasteiger partial charge in [-0.15, -0.1) is 0 Å². The maximum Gasteiger partial charge on any atom is 0.0446 e. The van der Waals surface area contributed by atoms with E-state index in [1.807, 2.05) is 13.0 Å². The van der Waals surface area contributed by atoms with Crippen LogP contribution in [0.3, 0.4) is 0 Å². The van der Waals surface area contributed by atoms with Gasteiger partial charge in [0, 0.05) is 25.7 Å². The molecule has 0 heterocycles. The zero-order valence-corrected chi connectivity index (χ0v) is 5.20. The summed E-state index contributed by atoms with van der Waals surface area (Å²) >= 11 is 0. The average Bonchev–Trinajstić information content (AvgIpc) is 1.81. The Kier molecular flexibility index (Phi) is 5.38. The van der Waals surface area contributed by atoms with Crippen molar-refractivity contribution in [2.75, 3.05) is 7.05 Å². The molecule has 0 aliphatic heterocycles. The molecule has 0 aromatic rings. The smallest absolute Gasteiger partial charge is 0.0446 e. The third kappa shape index (κ3) is 5.08. The first-order valence-electron chi connectivity index (χ1n) is 2.47. The lowest BCUT2D eigenvalue weighted by atomic mass is 10.7. The Morgan fingerprint density at radius 2 is 2.00 bits per heavy atom. The molecule has 0 saturated carbocycles. The Labute approximate surface area is 49.7 Å². The van der Waals surface area contributed by atoms with E-state index in [1.54, 1.807) is 25.7 Å². The summed E-state index contributed by atoms with van der Waals surface area (Å²) in [5.41, 5.74) is 0. The summed E-state index contributed by atoms with van der Waals surface area (Å²) in [6.07, 6.45) is 6.85. The molecule has 44 valence electrons. The van der Waals surface area contributed by atoms with E-state index >= 15 is 0 Å². The van der Waals surface area contributed by atoms with Gasteiger partial charge in [0.2, 0.25) is 0 Å². The minimum atomic E-state index is 1.64. The standard InChI is InChI=1S/C6H10N2/c1-3-4-8-6-5-7-2/h3-6H,1-2H3/b4-3+,7-5?,8-6?. The van der Waals surface area contributed by atoms with E-state index in [2.05, 4.69) is 9.98 Å². The molecule has 8 heavy (non-hydrogen) atoms. The normalized spacial score (nSPS) is 12.8. The Hall–Kier alpha value is -0.920. The zero-order chi connectivity index (χ0) is 6.24. The number of hydrogen-bond donors (Lipinski definition) is 0. The van der Waals surface area contributed by atoms with Gasteiger partial charge in [-0.2, -0.15) is 0 Å². The molecule has 0 N–H and O–H groups in total. The molecule has 0 atom stereocenters. The lowest BCUT2D eigenvalue weighted by Crippen LogP contribution is -1.69. The van der Waals surface area contributed by atoms with Crippen LogP contribution in [0.2, 0.25) is 0 Å². The summed E-state index contributed by atoms with van der Waals surface area (Å²) in [7, 11) is 1.71. The van der Waals surface area contributed by atoms with Crippen LogP contribution >= 0.6 is 0 Å². The van der Waals surface area contributed by atoms with Crippen molar-refractivity contribution in [3.8, 4) is 0 Å². The molecule has 0 aromatic carbocycles. The van der Waals surface area contributed by atoms with Crippen molar-refractivity contribution in [2.24, 2.45) is 9.98 Å². The van der Waals surface area contributed by atoms with E-state index in [1.165, 1.54) is 0 Å². The zero-order valence-electron chi connectivity index (χ0n) is 5.20. The van der Waals surface area contributed by atoms with Gasteiger partial charge in [-0.25, -0.2) is 0 Å². The van der Waals surface area contributed by atoms with E-state index < -0.39 is 0 Å². The second kappa shape index (κ2) is 6.08. The van der Waals surface area contributed by atoms with Gasteiger partial charge in [0.15, 0.2) is 0 Å². The van der Waals surface area contributed by atoms with Crippen LogP contribution in [-0.2, 0) is 0 Å². The van der Waals surface area contributed by atoms with Gasteiger partial charge in [0.1, 0.15) is 0 Å². The predicted octanol–water partition coefficient (Wildman–Crippen LogP) is 1.29. The third-order valence-electron chi connectivity index (χ3n) is 0.537. The van der Waals surface area contributed by atoms with Crippen molar-refractivity contribution in [1.82, 2.24) is 0 Å². The van der Waals surface area contributed by atoms with E-state index in [4.69, 9.17) is 0 Å². The number of allylic oxidation sites excluding steroid dienone is 1. The summed E-state index contributed by atoms with van der Waals surface area (Å²) in [5.74, 6) is 0. The van der Waals surface area contributed by atoms with E-state index in [0.717, 1.165) is 0 Å². The molecule has 0 aromatic heterocycles. The van der Waals surface area contributed by atoms with Crippen LogP contribution in [0.25, 0.3) is 0 Å². The van der Waals surface area contributed by atoms with Crippen LogP contribution < -0.4 is 0 Å². The highest BCUT2D eigenvalue weighted by Crippen LogP contribution is 1.67. The highest BCUT2D eigenvalue weighted by atomic mass is 14.7. The van der Waals surface area contributed by atoms with Crippen molar-refractivity contribution in [1.29, 1.82) is 0 Å². The monoisotopic (exact) mass is 110 g/mol. The van der Waals surface area contributed by atoms with Crippen molar-refractivity contribution in [3.63, 3.8) is 0 Å². The quantitative estimate of drug-likeness (QED) is 0.478. The van der Waals surface area contributed by atoms with Crippen LogP contribution in [0.4, 0.5) is 0 Å². The fourth-order valence-corrected chi connectivity index (χ4v) is 0.241. The number of nitrogens with zero attached hydrogens (tertiary/aromatic N) is 2. The van der Waals surface area contributed by atoms with Crippen LogP contribution in [-0.4, -0.2) is 19.5 Å². The fraction of sp³-hybridized carbons (Fsp3) is 0.333. The summed E-state index contributed by atoms with van der Waals surface area (Å²) in [5, 5.41) is 0. The SMILES string of the molecule is C/C=C/N=CC=NC. The number of hydrogen-bond acceptors (Lipinski definition) is 2.